The van der Waals surface area contributed by atoms with E-state index in [-0.39, 0.29) is 34.6 Å². The number of alkyl halides is 2. The number of anilines is 1. The molecule has 0 aromatic carbocycles. The fraction of sp³-hybridized carbons (Fsp3) is 0.696. The van der Waals surface area contributed by atoms with Crippen LogP contribution in [0.4, 0.5) is 5.95 Å². The second-order valence-electron chi connectivity index (χ2n) is 10.8. The van der Waals surface area contributed by atoms with Crippen LogP contribution >= 0.6 is 42.7 Å². The molecule has 5 atom stereocenters. The molecule has 2 aromatic heterocycles. The third-order valence-corrected chi connectivity index (χ3v) is 9.52. The van der Waals surface area contributed by atoms with E-state index in [1.807, 2.05) is 0 Å². The second kappa shape index (κ2) is 13.5. The van der Waals surface area contributed by atoms with Gasteiger partial charge in [-0.1, -0.05) is 55.7 Å². The van der Waals surface area contributed by atoms with E-state index in [0.29, 0.717) is 0 Å². The van der Waals surface area contributed by atoms with Gasteiger partial charge in [0.05, 0.1) is 25.6 Å². The Morgan fingerprint density at radius 3 is 2.62 bits per heavy atom. The van der Waals surface area contributed by atoms with Crippen molar-refractivity contribution in [3.8, 4) is 0 Å². The van der Waals surface area contributed by atoms with Gasteiger partial charge in [0.2, 0.25) is 5.95 Å². The molecule has 2 aromatic rings. The van der Waals surface area contributed by atoms with Crippen molar-refractivity contribution >= 4 is 70.9 Å². The number of aromatic amines is 1. The first-order valence-electron chi connectivity index (χ1n) is 12.8. The fourth-order valence-corrected chi connectivity index (χ4v) is 6.62. The van der Waals surface area contributed by atoms with Crippen molar-refractivity contribution in [1.82, 2.24) is 24.6 Å². The largest absolute Gasteiger partial charge is 0.462 e. The van der Waals surface area contributed by atoms with Gasteiger partial charge in [-0.15, -0.1) is 0 Å². The maximum atomic E-state index is 13.7. The number of nitrogens with zero attached hydrogens (tertiary/aromatic N) is 3. The molecule has 0 unspecified atom stereocenters. The Morgan fingerprint density at radius 2 is 2.00 bits per heavy atom. The molecule has 236 valence electrons. The fourth-order valence-electron chi connectivity index (χ4n) is 3.64. The number of esters is 1. The summed E-state index contributed by atoms with van der Waals surface area (Å²) in [7, 11) is -4.27. The summed E-state index contributed by atoms with van der Waals surface area (Å²) >= 11 is 13.9. The van der Waals surface area contributed by atoms with Crippen molar-refractivity contribution in [1.29, 1.82) is 0 Å². The van der Waals surface area contributed by atoms with Gasteiger partial charge in [-0.25, -0.2) is 14.6 Å². The average molecular weight is 674 g/mol. The molecule has 0 saturated carbocycles. The van der Waals surface area contributed by atoms with E-state index < -0.39 is 66.2 Å². The number of aliphatic hydroxyl groups excluding tert-OH is 1. The summed E-state index contributed by atoms with van der Waals surface area (Å²) in [5.41, 5.74) is 4.38. The van der Waals surface area contributed by atoms with E-state index in [1.165, 1.54) is 17.8 Å². The number of hydrogen-bond donors (Lipinski definition) is 4. The Kier molecular flexibility index (Phi) is 11.2. The van der Waals surface area contributed by atoms with Crippen LogP contribution in [-0.4, -0.2) is 83.4 Å². The van der Waals surface area contributed by atoms with Crippen molar-refractivity contribution in [3.05, 3.63) is 16.7 Å². The molecule has 3 heterocycles. The lowest BCUT2D eigenvalue weighted by Gasteiger charge is -2.25. The minimum Gasteiger partial charge on any atom is -0.462 e. The number of carbonyl (C=O) groups is 2. The van der Waals surface area contributed by atoms with E-state index in [1.54, 1.807) is 34.6 Å². The maximum Gasteiger partial charge on any atom is 0.406 e. The maximum absolute atomic E-state index is 13.7. The average Bonchev–Trinajstić information content (AvgIpc) is 3.37. The zero-order valence-electron chi connectivity index (χ0n) is 23.8. The molecule has 42 heavy (non-hydrogen) atoms. The van der Waals surface area contributed by atoms with Crippen LogP contribution in [0.1, 0.15) is 47.8 Å². The lowest BCUT2D eigenvalue weighted by Crippen LogP contribution is -2.39. The molecule has 1 saturated heterocycles. The number of H-pyrrole nitrogens is 1. The summed E-state index contributed by atoms with van der Waals surface area (Å²) in [5.74, 6) is -0.754. The molecule has 1 aliphatic heterocycles. The number of rotatable bonds is 12. The molecule has 15 nitrogen and oxygen atoms in total. The van der Waals surface area contributed by atoms with Gasteiger partial charge in [0, 0.05) is 11.2 Å². The lowest BCUT2D eigenvalue weighted by molar-refractivity contribution is -0.149. The summed E-state index contributed by atoms with van der Waals surface area (Å²) in [6, 6.07) is -1.11. The predicted molar refractivity (Wildman–Crippen MR) is 157 cm³/mol. The van der Waals surface area contributed by atoms with Crippen molar-refractivity contribution in [2.45, 2.75) is 76.5 Å². The molecule has 3 rings (SSSR count). The lowest BCUT2D eigenvalue weighted by atomic mass is 10.00. The van der Waals surface area contributed by atoms with Gasteiger partial charge >= 0.3 is 13.7 Å². The first-order chi connectivity index (χ1) is 19.4. The molecular formula is C23H35Cl2N6O9PS. The molecule has 0 amide bonds. The van der Waals surface area contributed by atoms with Crippen LogP contribution in [0.3, 0.4) is 0 Å². The molecule has 0 radical (unpaired) electrons. The van der Waals surface area contributed by atoms with Crippen LogP contribution in [0, 0.1) is 5.41 Å². The van der Waals surface area contributed by atoms with Gasteiger partial charge in [0.1, 0.15) is 18.2 Å². The molecule has 1 aliphatic rings. The number of nitrogens with one attached hydrogen (secondary N) is 2. The van der Waals surface area contributed by atoms with E-state index in [2.05, 4.69) is 20.0 Å². The smallest absolute Gasteiger partial charge is 0.406 e. The van der Waals surface area contributed by atoms with Crippen LogP contribution < -0.4 is 16.4 Å². The first kappa shape index (κ1) is 34.7. The number of thioether (sulfide) groups is 1. The highest BCUT2D eigenvalue weighted by molar-refractivity contribution is 8.13. The van der Waals surface area contributed by atoms with E-state index in [4.69, 9.17) is 47.5 Å². The number of carbonyl (C=O) groups excluding carboxylic acids is 2. The van der Waals surface area contributed by atoms with Gasteiger partial charge in [-0.3, -0.25) is 33.0 Å². The van der Waals surface area contributed by atoms with Gasteiger partial charge in [-0.05, 0) is 20.8 Å². The number of aliphatic hydroxyl groups is 1. The third-order valence-electron chi connectivity index (χ3n) is 5.74. The monoisotopic (exact) mass is 672 g/mol. The minimum absolute atomic E-state index is 0.00356. The summed E-state index contributed by atoms with van der Waals surface area (Å²) in [6.07, 6.45) is -3.42. The van der Waals surface area contributed by atoms with Crippen molar-refractivity contribution in [2.24, 2.45) is 5.41 Å². The normalized spacial score (nSPS) is 22.8. The molecule has 1 fully saturated rings. The van der Waals surface area contributed by atoms with Gasteiger partial charge in [0.15, 0.2) is 26.8 Å². The highest BCUT2D eigenvalue weighted by Gasteiger charge is 2.56. The molecule has 0 aliphatic carbocycles. The number of nitrogen functional groups attached to an aromatic ring is 1. The molecule has 0 spiro atoms. The number of imidazole rings is 1. The quantitative estimate of drug-likeness (QED) is 0.110. The van der Waals surface area contributed by atoms with Crippen LogP contribution in [-0.2, 0) is 32.7 Å². The number of aromatic nitrogens is 4. The number of hydrogen-bond acceptors (Lipinski definition) is 13. The number of fused-ring (bicyclic) bond motifs is 1. The zero-order valence-corrected chi connectivity index (χ0v) is 27.1. The zero-order chi connectivity index (χ0) is 31.6. The summed E-state index contributed by atoms with van der Waals surface area (Å²) in [4.78, 5) is 47.1. The van der Waals surface area contributed by atoms with Crippen molar-refractivity contribution in [3.63, 3.8) is 0 Å². The van der Waals surface area contributed by atoms with E-state index in [9.17, 15) is 24.1 Å². The van der Waals surface area contributed by atoms with Crippen LogP contribution in [0.25, 0.3) is 11.2 Å². The first-order valence-corrected chi connectivity index (χ1v) is 16.1. The number of ether oxygens (including phenoxy) is 2. The molecular weight excluding hydrogens is 638 g/mol. The van der Waals surface area contributed by atoms with E-state index >= 15 is 0 Å². The van der Waals surface area contributed by atoms with Crippen molar-refractivity contribution < 1.29 is 37.8 Å². The van der Waals surface area contributed by atoms with Crippen LogP contribution in [0.5, 0.6) is 0 Å². The SMILES string of the molecule is CC(C)OC(=O)[C@H](C)N[P@@](=O)(OCCSC(=O)C(C)(C)C)OC[C@H]1O[C@@H](n2cnc3c(=O)[nH]c(N)nc32)C(Cl)(Cl)[C@@H]1O. The summed E-state index contributed by atoms with van der Waals surface area (Å²) < 4.78 is 35.0. The molecule has 0 bridgehead atoms. The standard InChI is InChI=1S/C23H35Cl2N6O9PS/c1-11(2)39-18(34)12(3)30-41(36,37-7-8-42-20(35)22(4,5)6)38-9-13-15(32)23(24,25)19(40-13)31-10-27-14-16(31)28-21(26)29-17(14)33/h10-13,15,19,32H,7-9H2,1-6H3,(H,30,36)(H3,26,28,29,33)/t12-,13+,15+,19+,41+/m0/s1. The summed E-state index contributed by atoms with van der Waals surface area (Å²) in [5, 5.41) is 13.3. The Hall–Kier alpha value is -1.75. The third kappa shape index (κ3) is 8.24. The van der Waals surface area contributed by atoms with Crippen LogP contribution in [0.15, 0.2) is 11.1 Å². The van der Waals surface area contributed by atoms with Gasteiger partial charge < -0.3 is 20.3 Å². The second-order valence-corrected chi connectivity index (χ2v) is 15.1. The topological polar surface area (TPSA) is 210 Å². The Bertz CT molecular complexity index is 1400. The van der Waals surface area contributed by atoms with Crippen LogP contribution in [0.2, 0.25) is 0 Å². The minimum atomic E-state index is -4.27. The predicted octanol–water partition coefficient (Wildman–Crippen LogP) is 2.51. The van der Waals surface area contributed by atoms with Gasteiger partial charge in [0.25, 0.3) is 5.56 Å². The van der Waals surface area contributed by atoms with Crippen molar-refractivity contribution in [2.75, 3.05) is 24.7 Å². The molecule has 19 heteroatoms. The Morgan fingerprint density at radius 1 is 1.33 bits per heavy atom. The van der Waals surface area contributed by atoms with Gasteiger partial charge in [-0.2, -0.15) is 4.98 Å². The van der Waals surface area contributed by atoms with E-state index in [0.717, 1.165) is 11.8 Å². The highest BCUT2D eigenvalue weighted by atomic mass is 35.5. The summed E-state index contributed by atoms with van der Waals surface area (Å²) in [6.45, 7) is 9.28. The number of nitrogens with two attached hydrogens (primary N) is 1. The highest BCUT2D eigenvalue weighted by Crippen LogP contribution is 2.50. The molecule has 5 N–H and O–H groups in total. The Labute approximate surface area is 256 Å². The Balaban J connectivity index is 1.77. The number of halogens is 2.